The molecule has 0 N–H and O–H groups in total. The minimum absolute atomic E-state index is 0.0381. The Balaban J connectivity index is 2.09. The minimum Gasteiger partial charge on any atom is -0.363 e. The number of nitriles is 4. The summed E-state index contributed by atoms with van der Waals surface area (Å²) in [6.07, 6.45) is -2.85. The third-order valence-corrected chi connectivity index (χ3v) is 6.58. The highest BCUT2D eigenvalue weighted by molar-refractivity contribution is 5.76. The number of allylic oxidation sites excluding steroid dienone is 1. The maximum atomic E-state index is 13.1. The van der Waals surface area contributed by atoms with Crippen molar-refractivity contribution < 1.29 is 17.9 Å². The molecule has 0 spiro atoms. The number of hydrogen-bond donors (Lipinski definition) is 0. The molecule has 2 aliphatic heterocycles. The summed E-state index contributed by atoms with van der Waals surface area (Å²) in [5.74, 6) is -0.928. The van der Waals surface area contributed by atoms with Crippen LogP contribution < -0.4 is 0 Å². The van der Waals surface area contributed by atoms with Crippen molar-refractivity contribution in [1.29, 1.82) is 21.0 Å². The van der Waals surface area contributed by atoms with Crippen LogP contribution in [0.2, 0.25) is 0 Å². The molecule has 3 aliphatic rings. The molecule has 2 heterocycles. The number of ether oxygens (including phenoxy) is 1. The number of nitrogens with zero attached hydrogens (tertiary/aromatic N) is 4. The van der Waals surface area contributed by atoms with Gasteiger partial charge >= 0.3 is 6.18 Å². The first-order valence-electron chi connectivity index (χ1n) is 10.00. The summed E-state index contributed by atoms with van der Waals surface area (Å²) in [6.45, 7) is 0.0381. The van der Waals surface area contributed by atoms with E-state index in [0.29, 0.717) is 16.7 Å². The molecule has 2 atom stereocenters. The Morgan fingerprint density at radius 2 is 1.45 bits per heavy atom. The normalized spacial score (nSPS) is 24.8. The van der Waals surface area contributed by atoms with Crippen molar-refractivity contribution in [2.24, 2.45) is 16.7 Å². The van der Waals surface area contributed by atoms with Crippen LogP contribution in [0.15, 0.2) is 60.7 Å². The van der Waals surface area contributed by atoms with Crippen molar-refractivity contribution in [2.75, 3.05) is 6.61 Å². The van der Waals surface area contributed by atoms with E-state index in [1.165, 1.54) is 12.1 Å². The first-order chi connectivity index (χ1) is 15.7. The first-order valence-corrected chi connectivity index (χ1v) is 10.00. The van der Waals surface area contributed by atoms with Crippen molar-refractivity contribution >= 4 is 5.57 Å². The van der Waals surface area contributed by atoms with Gasteiger partial charge in [0.25, 0.3) is 0 Å². The quantitative estimate of drug-likeness (QED) is 0.641. The molecule has 0 unspecified atom stereocenters. The molecule has 2 aromatic carbocycles. The molecule has 5 rings (SSSR count). The lowest BCUT2D eigenvalue weighted by Gasteiger charge is -2.49. The molecule has 8 heteroatoms. The molecule has 0 radical (unpaired) electrons. The number of benzene rings is 2. The summed E-state index contributed by atoms with van der Waals surface area (Å²) < 4.78 is 45.4. The number of halogens is 3. The van der Waals surface area contributed by atoms with Gasteiger partial charge < -0.3 is 4.74 Å². The van der Waals surface area contributed by atoms with E-state index >= 15 is 0 Å². The molecule has 33 heavy (non-hydrogen) atoms. The Labute approximate surface area is 188 Å². The summed E-state index contributed by atoms with van der Waals surface area (Å²) in [5.41, 5.74) is -5.82. The van der Waals surface area contributed by atoms with E-state index in [1.54, 1.807) is 36.4 Å². The van der Waals surface area contributed by atoms with E-state index in [0.717, 1.165) is 12.1 Å². The minimum atomic E-state index is -4.52. The van der Waals surface area contributed by atoms with Crippen molar-refractivity contribution in [2.45, 2.75) is 18.2 Å². The van der Waals surface area contributed by atoms with Crippen molar-refractivity contribution in [3.63, 3.8) is 0 Å². The fourth-order valence-corrected chi connectivity index (χ4v) is 5.00. The summed E-state index contributed by atoms with van der Waals surface area (Å²) in [5, 5.41) is 41.1. The van der Waals surface area contributed by atoms with Crippen LogP contribution in [0.4, 0.5) is 13.2 Å². The van der Waals surface area contributed by atoms with Crippen molar-refractivity contribution in [3.8, 4) is 24.3 Å². The highest BCUT2D eigenvalue weighted by Gasteiger charge is 2.74. The predicted molar refractivity (Wildman–Crippen MR) is 109 cm³/mol. The van der Waals surface area contributed by atoms with Crippen LogP contribution in [0.3, 0.4) is 0 Å². The van der Waals surface area contributed by atoms with E-state index in [9.17, 15) is 34.2 Å². The zero-order valence-electron chi connectivity index (χ0n) is 17.1. The fraction of sp³-hybridized carbons (Fsp3) is 0.280. The smallest absolute Gasteiger partial charge is 0.363 e. The maximum Gasteiger partial charge on any atom is 0.416 e. The molecule has 1 saturated heterocycles. The Morgan fingerprint density at radius 3 is 1.97 bits per heavy atom. The number of alkyl halides is 3. The van der Waals surface area contributed by atoms with Crippen LogP contribution in [-0.4, -0.2) is 6.61 Å². The molecule has 0 amide bonds. The predicted octanol–water partition coefficient (Wildman–Crippen LogP) is 5.10. The van der Waals surface area contributed by atoms with Gasteiger partial charge in [-0.15, -0.1) is 0 Å². The van der Waals surface area contributed by atoms with Gasteiger partial charge in [0.2, 0.25) is 5.41 Å². The van der Waals surface area contributed by atoms with Gasteiger partial charge in [-0.3, -0.25) is 0 Å². The van der Waals surface area contributed by atoms with Crippen LogP contribution in [0.1, 0.15) is 23.1 Å². The Bertz CT molecular complexity index is 1260. The van der Waals surface area contributed by atoms with Crippen LogP contribution in [0.25, 0.3) is 5.57 Å². The van der Waals surface area contributed by atoms with Crippen LogP contribution in [-0.2, 0) is 16.5 Å². The molecule has 162 valence electrons. The lowest BCUT2D eigenvalue weighted by Crippen LogP contribution is -2.58. The Kier molecular flexibility index (Phi) is 5.02. The van der Waals surface area contributed by atoms with Gasteiger partial charge in [0, 0.05) is 12.5 Å². The molecule has 2 bridgehead atoms. The van der Waals surface area contributed by atoms with Gasteiger partial charge in [-0.25, -0.2) is 0 Å². The zero-order chi connectivity index (χ0) is 23.9. The Morgan fingerprint density at radius 1 is 0.848 bits per heavy atom. The monoisotopic (exact) mass is 444 g/mol. The largest absolute Gasteiger partial charge is 0.416 e. The Hall–Kier alpha value is -4.11. The second kappa shape index (κ2) is 7.49. The molecule has 0 saturated carbocycles. The molecule has 1 fully saturated rings. The lowest BCUT2D eigenvalue weighted by molar-refractivity contribution is -0.137. The van der Waals surface area contributed by atoms with Gasteiger partial charge in [-0.1, -0.05) is 42.5 Å². The summed E-state index contributed by atoms with van der Waals surface area (Å²) in [6, 6.07) is 20.5. The van der Waals surface area contributed by atoms with E-state index in [4.69, 9.17) is 4.74 Å². The molecule has 1 aliphatic carbocycles. The summed E-state index contributed by atoms with van der Waals surface area (Å²) in [7, 11) is 0. The zero-order valence-corrected chi connectivity index (χ0v) is 17.1. The van der Waals surface area contributed by atoms with Crippen LogP contribution in [0, 0.1) is 62.1 Å². The maximum absolute atomic E-state index is 13.1. The average Bonchev–Trinajstić information content (AvgIpc) is 3.11. The number of hydrogen-bond acceptors (Lipinski definition) is 5. The standard InChI is InChI=1S/C25H15F3N4O/c26-25(27,28)19-8-6-17(7-9-19)20-12-24(18-4-2-1-3-5-18)23(15-31,16-32)22(13-29,14-30)21(20)10-11-33-24/h1-9,12,21H,10-11H2/t21-,24-/m0/s1. The number of fused-ring (bicyclic) bond motifs is 3. The fourth-order valence-electron chi connectivity index (χ4n) is 5.00. The average molecular weight is 444 g/mol. The van der Waals surface area contributed by atoms with E-state index in [-0.39, 0.29) is 13.0 Å². The summed E-state index contributed by atoms with van der Waals surface area (Å²) in [4.78, 5) is 0. The molecular weight excluding hydrogens is 429 g/mol. The highest BCUT2D eigenvalue weighted by Crippen LogP contribution is 2.66. The molecule has 5 nitrogen and oxygen atoms in total. The van der Waals surface area contributed by atoms with E-state index < -0.39 is 34.1 Å². The van der Waals surface area contributed by atoms with Crippen LogP contribution in [0.5, 0.6) is 0 Å². The van der Waals surface area contributed by atoms with Crippen LogP contribution >= 0.6 is 0 Å². The first kappa shape index (κ1) is 22.1. The number of rotatable bonds is 2. The van der Waals surface area contributed by atoms with Crippen molar-refractivity contribution in [3.05, 3.63) is 77.4 Å². The third kappa shape index (κ3) is 2.79. The third-order valence-electron chi connectivity index (χ3n) is 6.58. The second-order valence-electron chi connectivity index (χ2n) is 7.97. The molecule has 0 aromatic heterocycles. The van der Waals surface area contributed by atoms with Gasteiger partial charge in [0.15, 0.2) is 5.41 Å². The van der Waals surface area contributed by atoms with E-state index in [1.807, 2.05) is 24.3 Å². The molecule has 2 aromatic rings. The van der Waals surface area contributed by atoms with Crippen molar-refractivity contribution in [1.82, 2.24) is 0 Å². The van der Waals surface area contributed by atoms with Gasteiger partial charge in [-0.05, 0) is 41.3 Å². The second-order valence-corrected chi connectivity index (χ2v) is 7.97. The lowest BCUT2D eigenvalue weighted by atomic mass is 9.47. The topological polar surface area (TPSA) is 104 Å². The molecular formula is C25H15F3N4O. The van der Waals surface area contributed by atoms with Gasteiger partial charge in [-0.2, -0.15) is 34.2 Å². The summed E-state index contributed by atoms with van der Waals surface area (Å²) >= 11 is 0. The van der Waals surface area contributed by atoms with Gasteiger partial charge in [0.05, 0.1) is 29.8 Å². The highest BCUT2D eigenvalue weighted by atomic mass is 19.4. The SMILES string of the molecule is N#CC1(C#N)[C@H]2CCO[C@](c3ccccc3)(C=C2c2ccc(C(F)(F)F)cc2)C1(C#N)C#N. The van der Waals surface area contributed by atoms with Gasteiger partial charge in [0.1, 0.15) is 5.60 Å². The van der Waals surface area contributed by atoms with E-state index in [2.05, 4.69) is 0 Å².